The second kappa shape index (κ2) is 4.41. The van der Waals surface area contributed by atoms with Gasteiger partial charge in [0.2, 0.25) is 0 Å². The van der Waals surface area contributed by atoms with Crippen molar-refractivity contribution in [3.05, 3.63) is 41.5 Å². The van der Waals surface area contributed by atoms with E-state index in [0.29, 0.717) is 23.8 Å². The number of benzene rings is 1. The molecule has 3 atom stereocenters. The van der Waals surface area contributed by atoms with Gasteiger partial charge in [0.05, 0.1) is 5.97 Å². The molecule has 0 radical (unpaired) electrons. The van der Waals surface area contributed by atoms with Crippen LogP contribution in [0.2, 0.25) is 0 Å². The maximum absolute atomic E-state index is 11.0. The van der Waals surface area contributed by atoms with E-state index in [1.165, 1.54) is 0 Å². The van der Waals surface area contributed by atoms with Gasteiger partial charge in [-0.15, -0.1) is 0 Å². The zero-order valence-electron chi connectivity index (χ0n) is 11.2. The molecule has 0 unspecified atom stereocenters. The van der Waals surface area contributed by atoms with Crippen LogP contribution in [0.5, 0.6) is 0 Å². The summed E-state index contributed by atoms with van der Waals surface area (Å²) in [5.41, 5.74) is 2.43. The van der Waals surface area contributed by atoms with Crippen molar-refractivity contribution in [3.63, 3.8) is 0 Å². The van der Waals surface area contributed by atoms with Crippen LogP contribution in [-0.2, 0) is 0 Å². The quantitative estimate of drug-likeness (QED) is 0.825. The number of nitrogens with one attached hydrogen (secondary N) is 1. The van der Waals surface area contributed by atoms with Crippen LogP contribution in [0.25, 0.3) is 0 Å². The number of carboxylic acids is 1. The fourth-order valence-corrected chi connectivity index (χ4v) is 3.42. The molecule has 0 aromatic heterocycles. The summed E-state index contributed by atoms with van der Waals surface area (Å²) in [6.07, 6.45) is 5.50. The molecule has 0 amide bonds. The van der Waals surface area contributed by atoms with Gasteiger partial charge in [-0.05, 0) is 41.5 Å². The molecule has 2 aliphatic rings. The van der Waals surface area contributed by atoms with Crippen LogP contribution >= 0.6 is 0 Å². The summed E-state index contributed by atoms with van der Waals surface area (Å²) in [6, 6.07) is 5.71. The third-order valence-electron chi connectivity index (χ3n) is 4.36. The van der Waals surface area contributed by atoms with E-state index in [9.17, 15) is 9.90 Å². The van der Waals surface area contributed by atoms with Crippen molar-refractivity contribution in [2.75, 3.05) is 5.32 Å². The molecule has 0 saturated heterocycles. The van der Waals surface area contributed by atoms with Gasteiger partial charge in [0.25, 0.3) is 0 Å². The second-order valence-corrected chi connectivity index (χ2v) is 5.86. The second-order valence-electron chi connectivity index (χ2n) is 5.86. The standard InChI is InChI=1S/C16H19NO2/c1-9(2)15-12-5-3-4-11(12)13-8-10(16(18)19)6-7-14(13)17-15/h3-4,6-9,11-12,15,17H,5H2,1-2H3,(H,18,19)/p-1/t11-,12-,15+/m0/s1. The molecule has 100 valence electrons. The summed E-state index contributed by atoms with van der Waals surface area (Å²) >= 11 is 0. The van der Waals surface area contributed by atoms with Gasteiger partial charge >= 0.3 is 0 Å². The Morgan fingerprint density at radius 3 is 2.89 bits per heavy atom. The van der Waals surface area contributed by atoms with Gasteiger partial charge in [-0.1, -0.05) is 32.1 Å². The lowest BCUT2D eigenvalue weighted by Gasteiger charge is -2.39. The molecule has 0 saturated carbocycles. The van der Waals surface area contributed by atoms with E-state index in [0.717, 1.165) is 17.7 Å². The Balaban J connectivity index is 2.05. The predicted molar refractivity (Wildman–Crippen MR) is 73.0 cm³/mol. The zero-order valence-corrected chi connectivity index (χ0v) is 11.2. The Morgan fingerprint density at radius 1 is 1.42 bits per heavy atom. The number of carbonyl (C=O) groups excluding carboxylic acids is 1. The Bertz CT molecular complexity index is 548. The first kappa shape index (κ1) is 12.3. The smallest absolute Gasteiger partial charge is 0.0715 e. The molecular formula is C16H18NO2-. The number of aromatic carboxylic acids is 1. The summed E-state index contributed by atoms with van der Waals surface area (Å²) in [5.74, 6) is 0.320. The van der Waals surface area contributed by atoms with Crippen molar-refractivity contribution in [1.29, 1.82) is 0 Å². The number of hydrogen-bond donors (Lipinski definition) is 1. The van der Waals surface area contributed by atoms with E-state index in [1.807, 2.05) is 6.07 Å². The molecule has 3 heteroatoms. The highest BCUT2D eigenvalue weighted by atomic mass is 16.4. The van der Waals surface area contributed by atoms with E-state index >= 15 is 0 Å². The summed E-state index contributed by atoms with van der Waals surface area (Å²) < 4.78 is 0. The van der Waals surface area contributed by atoms with Crippen LogP contribution in [0.4, 0.5) is 5.69 Å². The first-order chi connectivity index (χ1) is 9.08. The van der Waals surface area contributed by atoms with Crippen molar-refractivity contribution in [1.82, 2.24) is 0 Å². The molecule has 3 rings (SSSR count). The Hall–Kier alpha value is -1.77. The number of hydrogen-bond acceptors (Lipinski definition) is 3. The highest BCUT2D eigenvalue weighted by Gasteiger charge is 2.38. The van der Waals surface area contributed by atoms with Crippen LogP contribution in [0.1, 0.15) is 42.1 Å². The van der Waals surface area contributed by atoms with E-state index in [4.69, 9.17) is 0 Å². The molecule has 0 bridgehead atoms. The van der Waals surface area contributed by atoms with Gasteiger partial charge in [-0.25, -0.2) is 0 Å². The third kappa shape index (κ3) is 1.93. The molecule has 0 fully saturated rings. The van der Waals surface area contributed by atoms with Crippen molar-refractivity contribution in [2.24, 2.45) is 11.8 Å². The van der Waals surface area contributed by atoms with Gasteiger partial charge < -0.3 is 15.2 Å². The van der Waals surface area contributed by atoms with E-state index in [-0.39, 0.29) is 5.56 Å². The molecular weight excluding hydrogens is 238 g/mol. The van der Waals surface area contributed by atoms with Gasteiger partial charge in [0.1, 0.15) is 0 Å². The van der Waals surface area contributed by atoms with Gasteiger partial charge in [-0.3, -0.25) is 0 Å². The van der Waals surface area contributed by atoms with E-state index in [2.05, 4.69) is 31.3 Å². The minimum absolute atomic E-state index is 0.266. The van der Waals surface area contributed by atoms with Crippen LogP contribution in [0.3, 0.4) is 0 Å². The monoisotopic (exact) mass is 256 g/mol. The summed E-state index contributed by atoms with van der Waals surface area (Å²) in [4.78, 5) is 11.0. The number of rotatable bonds is 2. The van der Waals surface area contributed by atoms with Crippen molar-refractivity contribution >= 4 is 11.7 Å². The number of allylic oxidation sites excluding steroid dienone is 2. The number of anilines is 1. The van der Waals surface area contributed by atoms with Crippen LogP contribution < -0.4 is 10.4 Å². The lowest BCUT2D eigenvalue weighted by Crippen LogP contribution is -2.39. The van der Waals surface area contributed by atoms with E-state index < -0.39 is 5.97 Å². The van der Waals surface area contributed by atoms with Crippen molar-refractivity contribution in [3.8, 4) is 0 Å². The fourth-order valence-electron chi connectivity index (χ4n) is 3.42. The molecule has 1 N–H and O–H groups in total. The molecule has 19 heavy (non-hydrogen) atoms. The first-order valence-electron chi connectivity index (χ1n) is 6.86. The lowest BCUT2D eigenvalue weighted by atomic mass is 9.75. The molecule has 1 aromatic carbocycles. The summed E-state index contributed by atoms with van der Waals surface area (Å²) in [7, 11) is 0. The SMILES string of the molecule is CC(C)[C@H]1Nc2ccc(C(=O)[O-])cc2[C@H]2C=CC[C@@H]21. The summed E-state index contributed by atoms with van der Waals surface area (Å²) in [5, 5.41) is 14.6. The van der Waals surface area contributed by atoms with Crippen LogP contribution in [0.15, 0.2) is 30.4 Å². The Labute approximate surface area is 113 Å². The fraction of sp³-hybridized carbons (Fsp3) is 0.438. The highest BCUT2D eigenvalue weighted by molar-refractivity contribution is 5.87. The molecule has 1 aliphatic carbocycles. The largest absolute Gasteiger partial charge is 0.545 e. The highest BCUT2D eigenvalue weighted by Crippen LogP contribution is 2.46. The minimum Gasteiger partial charge on any atom is -0.545 e. The van der Waals surface area contributed by atoms with Crippen LogP contribution in [-0.4, -0.2) is 12.0 Å². The average molecular weight is 256 g/mol. The number of fused-ring (bicyclic) bond motifs is 3. The van der Waals surface area contributed by atoms with Gasteiger partial charge in [-0.2, -0.15) is 0 Å². The minimum atomic E-state index is -1.10. The Morgan fingerprint density at radius 2 is 2.21 bits per heavy atom. The maximum Gasteiger partial charge on any atom is 0.0715 e. The maximum atomic E-state index is 11.0. The molecule has 1 aromatic rings. The molecule has 0 spiro atoms. The zero-order chi connectivity index (χ0) is 13.6. The van der Waals surface area contributed by atoms with Crippen LogP contribution in [0, 0.1) is 11.8 Å². The summed E-state index contributed by atoms with van der Waals surface area (Å²) in [6.45, 7) is 4.46. The van der Waals surface area contributed by atoms with Gasteiger partial charge in [0.15, 0.2) is 0 Å². The van der Waals surface area contributed by atoms with E-state index in [1.54, 1.807) is 12.1 Å². The molecule has 1 aliphatic heterocycles. The third-order valence-corrected chi connectivity index (χ3v) is 4.36. The van der Waals surface area contributed by atoms with Gasteiger partial charge in [0, 0.05) is 17.6 Å². The first-order valence-corrected chi connectivity index (χ1v) is 6.86. The number of carboxylic acid groups (broad SMARTS) is 1. The molecule has 3 nitrogen and oxygen atoms in total. The topological polar surface area (TPSA) is 52.2 Å². The predicted octanol–water partition coefficient (Wildman–Crippen LogP) is 2.16. The lowest BCUT2D eigenvalue weighted by molar-refractivity contribution is -0.255. The average Bonchev–Trinajstić information content (AvgIpc) is 2.86. The normalized spacial score (nSPS) is 27.8. The van der Waals surface area contributed by atoms with Crippen molar-refractivity contribution in [2.45, 2.75) is 32.2 Å². The Kier molecular flexibility index (Phi) is 2.85. The molecule has 1 heterocycles. The number of carbonyl (C=O) groups is 1. The van der Waals surface area contributed by atoms with Crippen molar-refractivity contribution < 1.29 is 9.90 Å².